The molecule has 2 nitrogen and oxygen atoms in total. The molecule has 0 N–H and O–H groups in total. The molecule has 1 aromatic heterocycles. The SMILES string of the molecule is FC(F)(F)c1cccc(N2CCN(Cc3ccsc3)CC2)c1. The number of rotatable bonds is 3. The number of anilines is 1. The summed E-state index contributed by atoms with van der Waals surface area (Å²) >= 11 is 1.69. The van der Waals surface area contributed by atoms with Gasteiger partial charge >= 0.3 is 6.18 Å². The summed E-state index contributed by atoms with van der Waals surface area (Å²) in [4.78, 5) is 4.37. The lowest BCUT2D eigenvalue weighted by atomic mass is 10.1. The van der Waals surface area contributed by atoms with Crippen LogP contribution < -0.4 is 4.90 Å². The molecule has 1 aliphatic rings. The van der Waals surface area contributed by atoms with Gasteiger partial charge in [-0.05, 0) is 40.6 Å². The van der Waals surface area contributed by atoms with Crippen LogP contribution in [0.4, 0.5) is 18.9 Å². The molecule has 1 saturated heterocycles. The largest absolute Gasteiger partial charge is 0.416 e. The first kappa shape index (κ1) is 15.4. The smallest absolute Gasteiger partial charge is 0.369 e. The molecule has 0 radical (unpaired) electrons. The van der Waals surface area contributed by atoms with E-state index in [4.69, 9.17) is 0 Å². The summed E-state index contributed by atoms with van der Waals surface area (Å²) in [5.74, 6) is 0. The average Bonchev–Trinajstić information content (AvgIpc) is 3.00. The van der Waals surface area contributed by atoms with Gasteiger partial charge in [-0.25, -0.2) is 0 Å². The molecule has 1 aliphatic heterocycles. The van der Waals surface area contributed by atoms with Crippen LogP contribution in [0.3, 0.4) is 0 Å². The van der Waals surface area contributed by atoms with Crippen molar-refractivity contribution < 1.29 is 13.2 Å². The predicted octanol–water partition coefficient (Wildman–Crippen LogP) is 4.09. The van der Waals surface area contributed by atoms with Crippen molar-refractivity contribution in [1.82, 2.24) is 4.90 Å². The highest BCUT2D eigenvalue weighted by Gasteiger charge is 2.31. The third-order valence-electron chi connectivity index (χ3n) is 3.90. The molecule has 0 saturated carbocycles. The van der Waals surface area contributed by atoms with Crippen molar-refractivity contribution in [2.24, 2.45) is 0 Å². The Morgan fingerprint density at radius 2 is 1.82 bits per heavy atom. The number of hydrogen-bond donors (Lipinski definition) is 0. The number of benzene rings is 1. The molecule has 1 fully saturated rings. The van der Waals surface area contributed by atoms with Gasteiger partial charge in [0.1, 0.15) is 0 Å². The van der Waals surface area contributed by atoms with Gasteiger partial charge in [0, 0.05) is 38.4 Å². The number of hydrogen-bond acceptors (Lipinski definition) is 3. The van der Waals surface area contributed by atoms with Crippen LogP contribution in [0.15, 0.2) is 41.1 Å². The van der Waals surface area contributed by atoms with Crippen LogP contribution >= 0.6 is 11.3 Å². The molecule has 3 rings (SSSR count). The van der Waals surface area contributed by atoms with Crippen LogP contribution in [-0.4, -0.2) is 31.1 Å². The monoisotopic (exact) mass is 326 g/mol. The minimum Gasteiger partial charge on any atom is -0.369 e. The first-order chi connectivity index (χ1) is 10.5. The molecule has 2 aromatic rings. The number of halogens is 3. The van der Waals surface area contributed by atoms with Gasteiger partial charge in [-0.1, -0.05) is 6.07 Å². The zero-order valence-electron chi connectivity index (χ0n) is 12.0. The van der Waals surface area contributed by atoms with Crippen molar-refractivity contribution >= 4 is 17.0 Å². The number of piperazine rings is 1. The molecule has 6 heteroatoms. The molecule has 0 spiro atoms. The van der Waals surface area contributed by atoms with Crippen molar-refractivity contribution in [3.63, 3.8) is 0 Å². The fraction of sp³-hybridized carbons (Fsp3) is 0.375. The Balaban J connectivity index is 1.61. The zero-order valence-corrected chi connectivity index (χ0v) is 12.8. The number of nitrogens with zero attached hydrogens (tertiary/aromatic N) is 2. The van der Waals surface area contributed by atoms with Crippen molar-refractivity contribution in [1.29, 1.82) is 0 Å². The van der Waals surface area contributed by atoms with Gasteiger partial charge in [-0.15, -0.1) is 0 Å². The van der Waals surface area contributed by atoms with E-state index >= 15 is 0 Å². The van der Waals surface area contributed by atoms with E-state index in [9.17, 15) is 13.2 Å². The Morgan fingerprint density at radius 1 is 1.05 bits per heavy atom. The molecule has 0 aliphatic carbocycles. The topological polar surface area (TPSA) is 6.48 Å². The summed E-state index contributed by atoms with van der Waals surface area (Å²) in [5, 5.41) is 4.20. The highest BCUT2D eigenvalue weighted by atomic mass is 32.1. The van der Waals surface area contributed by atoms with Gasteiger partial charge in [-0.2, -0.15) is 24.5 Å². The van der Waals surface area contributed by atoms with E-state index in [-0.39, 0.29) is 0 Å². The summed E-state index contributed by atoms with van der Waals surface area (Å²) in [7, 11) is 0. The van der Waals surface area contributed by atoms with Crippen LogP contribution in [0, 0.1) is 0 Å². The van der Waals surface area contributed by atoms with Crippen molar-refractivity contribution in [2.45, 2.75) is 12.7 Å². The minimum absolute atomic E-state index is 0.578. The second-order valence-corrected chi connectivity index (χ2v) is 6.22. The number of alkyl halides is 3. The fourth-order valence-corrected chi connectivity index (χ4v) is 3.34. The molecular formula is C16H17F3N2S. The highest BCUT2D eigenvalue weighted by Crippen LogP contribution is 2.31. The maximum atomic E-state index is 12.8. The summed E-state index contributed by atoms with van der Waals surface area (Å²) in [5.41, 5.74) is 1.38. The van der Waals surface area contributed by atoms with Crippen molar-refractivity contribution in [3.05, 3.63) is 52.2 Å². The third-order valence-corrected chi connectivity index (χ3v) is 4.63. The maximum absolute atomic E-state index is 12.8. The van der Waals surface area contributed by atoms with Gasteiger partial charge in [0.05, 0.1) is 5.56 Å². The van der Waals surface area contributed by atoms with Gasteiger partial charge in [-0.3, -0.25) is 4.90 Å². The van der Waals surface area contributed by atoms with Crippen LogP contribution in [0.25, 0.3) is 0 Å². The fourth-order valence-electron chi connectivity index (χ4n) is 2.68. The minimum atomic E-state index is -4.28. The van der Waals surface area contributed by atoms with E-state index in [0.717, 1.165) is 38.8 Å². The molecule has 22 heavy (non-hydrogen) atoms. The van der Waals surface area contributed by atoms with Gasteiger partial charge in [0.15, 0.2) is 0 Å². The zero-order chi connectivity index (χ0) is 15.6. The predicted molar refractivity (Wildman–Crippen MR) is 83.3 cm³/mol. The molecular weight excluding hydrogens is 309 g/mol. The Kier molecular flexibility index (Phi) is 4.40. The highest BCUT2D eigenvalue weighted by molar-refractivity contribution is 7.07. The van der Waals surface area contributed by atoms with Crippen molar-refractivity contribution in [3.8, 4) is 0 Å². The van der Waals surface area contributed by atoms with E-state index in [0.29, 0.717) is 5.69 Å². The lowest BCUT2D eigenvalue weighted by Gasteiger charge is -2.36. The van der Waals surface area contributed by atoms with E-state index in [2.05, 4.69) is 21.7 Å². The van der Waals surface area contributed by atoms with Crippen LogP contribution in [-0.2, 0) is 12.7 Å². The van der Waals surface area contributed by atoms with Crippen molar-refractivity contribution in [2.75, 3.05) is 31.1 Å². The normalized spacial score (nSPS) is 17.0. The summed E-state index contributed by atoms with van der Waals surface area (Å²) in [6.07, 6.45) is -4.28. The van der Waals surface area contributed by atoms with E-state index in [1.54, 1.807) is 17.4 Å². The second-order valence-electron chi connectivity index (χ2n) is 5.44. The van der Waals surface area contributed by atoms with Crippen LogP contribution in [0.1, 0.15) is 11.1 Å². The standard InChI is InChI=1S/C16H17F3N2S/c17-16(18,19)14-2-1-3-15(10-14)21-7-5-20(6-8-21)11-13-4-9-22-12-13/h1-4,9-10,12H,5-8,11H2. The first-order valence-corrected chi connectivity index (χ1v) is 8.12. The maximum Gasteiger partial charge on any atom is 0.416 e. The molecule has 0 unspecified atom stereocenters. The van der Waals surface area contributed by atoms with Gasteiger partial charge in [0.25, 0.3) is 0 Å². The Hall–Kier alpha value is -1.53. The quantitative estimate of drug-likeness (QED) is 0.838. The molecule has 118 valence electrons. The van der Waals surface area contributed by atoms with E-state index in [1.807, 2.05) is 4.90 Å². The molecule has 0 amide bonds. The van der Waals surface area contributed by atoms with E-state index < -0.39 is 11.7 Å². The van der Waals surface area contributed by atoms with Gasteiger partial charge < -0.3 is 4.90 Å². The molecule has 0 atom stereocenters. The average molecular weight is 326 g/mol. The lowest BCUT2D eigenvalue weighted by Crippen LogP contribution is -2.45. The Labute approximate surface area is 131 Å². The second kappa shape index (κ2) is 6.30. The number of thiophene rings is 1. The first-order valence-electron chi connectivity index (χ1n) is 7.18. The lowest BCUT2D eigenvalue weighted by molar-refractivity contribution is -0.137. The Morgan fingerprint density at radius 3 is 2.45 bits per heavy atom. The molecule has 0 bridgehead atoms. The summed E-state index contributed by atoms with van der Waals surface area (Å²) in [6.45, 7) is 4.16. The van der Waals surface area contributed by atoms with Gasteiger partial charge in [0.2, 0.25) is 0 Å². The summed E-state index contributed by atoms with van der Waals surface area (Å²) < 4.78 is 38.3. The van der Waals surface area contributed by atoms with E-state index in [1.165, 1.54) is 17.7 Å². The Bertz CT molecular complexity index is 602. The molecule has 2 heterocycles. The van der Waals surface area contributed by atoms with Crippen LogP contribution in [0.5, 0.6) is 0 Å². The summed E-state index contributed by atoms with van der Waals surface area (Å²) in [6, 6.07) is 7.72. The third kappa shape index (κ3) is 3.62. The van der Waals surface area contributed by atoms with Crippen LogP contribution in [0.2, 0.25) is 0 Å². The molecule has 1 aromatic carbocycles.